The van der Waals surface area contributed by atoms with Gasteiger partial charge in [-0.3, -0.25) is 0 Å². The predicted octanol–water partition coefficient (Wildman–Crippen LogP) is 3.59. The molecule has 9 nitrogen and oxygen atoms in total. The van der Waals surface area contributed by atoms with Crippen LogP contribution in [0.3, 0.4) is 0 Å². The largest absolute Gasteiger partial charge is 0.514 e. The summed E-state index contributed by atoms with van der Waals surface area (Å²) in [5.41, 5.74) is 2.39. The number of aliphatic hydroxyl groups is 2. The zero-order valence-electron chi connectivity index (χ0n) is 21.0. The number of carbonyl (C=O) groups excluding carboxylic acids is 2. The van der Waals surface area contributed by atoms with Gasteiger partial charge in [-0.2, -0.15) is 0 Å². The Morgan fingerprint density at radius 3 is 2.72 bits per heavy atom. The summed E-state index contributed by atoms with van der Waals surface area (Å²) >= 11 is 0. The number of aryl methyl sites for hydroxylation is 1. The Hall–Kier alpha value is -3.43. The number of cyclic esters (lactones) is 1. The van der Waals surface area contributed by atoms with Gasteiger partial charge in [0.15, 0.2) is 11.8 Å². The monoisotopic (exact) mass is 494 g/mol. The number of aliphatic hydroxyl groups excluding tert-OH is 1. The summed E-state index contributed by atoms with van der Waals surface area (Å²) in [5.74, 6) is -0.360. The maximum atomic E-state index is 12.4. The van der Waals surface area contributed by atoms with E-state index in [0.717, 1.165) is 16.5 Å². The van der Waals surface area contributed by atoms with E-state index < -0.39 is 29.6 Å². The fraction of sp³-hybridized carbons (Fsp3) is 0.444. The summed E-state index contributed by atoms with van der Waals surface area (Å²) in [5, 5.41) is 23.2. The van der Waals surface area contributed by atoms with Gasteiger partial charge in [0.05, 0.1) is 16.9 Å². The highest BCUT2D eigenvalue weighted by molar-refractivity contribution is 5.92. The molecule has 0 fully saturated rings. The first-order valence-corrected chi connectivity index (χ1v) is 12.1. The van der Waals surface area contributed by atoms with E-state index in [1.54, 1.807) is 52.0 Å². The summed E-state index contributed by atoms with van der Waals surface area (Å²) in [7, 11) is 0. The molecule has 9 heteroatoms. The molecular formula is C27H30N2O7. The van der Waals surface area contributed by atoms with Crippen molar-refractivity contribution in [1.29, 1.82) is 0 Å². The highest BCUT2D eigenvalue weighted by Crippen LogP contribution is 2.46. The van der Waals surface area contributed by atoms with Crippen molar-refractivity contribution in [3.63, 3.8) is 0 Å². The molecule has 2 atom stereocenters. The molecule has 2 unspecified atom stereocenters. The fourth-order valence-corrected chi connectivity index (χ4v) is 5.13. The number of carbonyl (C=O) groups is 2. The van der Waals surface area contributed by atoms with Gasteiger partial charge in [0.25, 0.3) is 0 Å². The summed E-state index contributed by atoms with van der Waals surface area (Å²) < 4.78 is 15.9. The van der Waals surface area contributed by atoms with Crippen LogP contribution in [0.15, 0.2) is 35.4 Å². The first kappa shape index (κ1) is 24.3. The highest BCUT2D eigenvalue weighted by Gasteiger charge is 2.49. The number of hydrogen-bond acceptors (Lipinski definition) is 9. The lowest BCUT2D eigenvalue weighted by Crippen LogP contribution is -2.50. The molecular weight excluding hydrogens is 464 g/mol. The van der Waals surface area contributed by atoms with Gasteiger partial charge in [-0.25, -0.2) is 14.6 Å². The standard InChI is InChI=1S/C27H30N2O7/c1-6-15-16-10-14(35-25(32)36-26(3,4)5)8-9-20(16)28-22-17(15)12-29-21(22)11-19-18(23(29)30)13-34-24(31)27(19,33)7-2/h8-11,23,30,33H,6-7,12-13H2,1-5H3. The number of hydrogen-bond donors (Lipinski definition) is 2. The molecule has 0 saturated carbocycles. The van der Waals surface area contributed by atoms with Gasteiger partial charge in [0.1, 0.15) is 18.0 Å². The zero-order chi connectivity index (χ0) is 26.0. The third kappa shape index (κ3) is 3.74. The van der Waals surface area contributed by atoms with Crippen LogP contribution in [0.25, 0.3) is 16.6 Å². The Morgan fingerprint density at radius 2 is 2.06 bits per heavy atom. The van der Waals surface area contributed by atoms with Crippen molar-refractivity contribution < 1.29 is 34.0 Å². The molecule has 2 aromatic rings. The zero-order valence-corrected chi connectivity index (χ0v) is 21.0. The third-order valence-electron chi connectivity index (χ3n) is 6.89. The van der Waals surface area contributed by atoms with Crippen molar-refractivity contribution in [2.75, 3.05) is 6.61 Å². The van der Waals surface area contributed by atoms with E-state index in [-0.39, 0.29) is 13.0 Å². The van der Waals surface area contributed by atoms with Gasteiger partial charge in [-0.15, -0.1) is 0 Å². The Labute approximate surface area is 209 Å². The van der Waals surface area contributed by atoms with Crippen molar-refractivity contribution in [2.45, 2.75) is 71.4 Å². The predicted molar refractivity (Wildman–Crippen MR) is 131 cm³/mol. The van der Waals surface area contributed by atoms with E-state index in [2.05, 4.69) is 0 Å². The van der Waals surface area contributed by atoms with Crippen molar-refractivity contribution in [3.8, 4) is 5.75 Å². The number of benzene rings is 1. The van der Waals surface area contributed by atoms with Crippen LogP contribution in [-0.4, -0.2) is 56.3 Å². The van der Waals surface area contributed by atoms with Gasteiger partial charge < -0.3 is 29.3 Å². The lowest BCUT2D eigenvalue weighted by Gasteiger charge is -2.40. The van der Waals surface area contributed by atoms with E-state index in [9.17, 15) is 19.8 Å². The second-order valence-electron chi connectivity index (χ2n) is 10.3. The number of nitrogens with zero attached hydrogens (tertiary/aromatic N) is 2. The average molecular weight is 495 g/mol. The van der Waals surface area contributed by atoms with E-state index >= 15 is 0 Å². The van der Waals surface area contributed by atoms with Crippen molar-refractivity contribution in [3.05, 3.63) is 52.2 Å². The molecule has 3 aliphatic rings. The van der Waals surface area contributed by atoms with Crippen molar-refractivity contribution >= 4 is 28.7 Å². The minimum Gasteiger partial charge on any atom is -0.459 e. The highest BCUT2D eigenvalue weighted by atomic mass is 16.7. The van der Waals surface area contributed by atoms with Crippen LogP contribution in [0.2, 0.25) is 0 Å². The summed E-state index contributed by atoms with van der Waals surface area (Å²) in [4.78, 5) is 31.3. The summed E-state index contributed by atoms with van der Waals surface area (Å²) in [6, 6.07) is 5.22. The van der Waals surface area contributed by atoms with Crippen LogP contribution >= 0.6 is 0 Å². The Balaban J connectivity index is 1.59. The topological polar surface area (TPSA) is 118 Å². The molecule has 1 aromatic carbocycles. The Morgan fingerprint density at radius 1 is 1.31 bits per heavy atom. The first-order chi connectivity index (χ1) is 17.0. The van der Waals surface area contributed by atoms with E-state index in [1.807, 2.05) is 11.8 Å². The van der Waals surface area contributed by atoms with Crippen LogP contribution in [0.4, 0.5) is 4.79 Å². The molecule has 0 saturated heterocycles. The number of aromatic nitrogens is 1. The molecule has 5 rings (SSSR count). The number of esters is 1. The minimum absolute atomic E-state index is 0.0737. The quantitative estimate of drug-likeness (QED) is 0.487. The molecule has 36 heavy (non-hydrogen) atoms. The number of rotatable bonds is 3. The molecule has 0 radical (unpaired) electrons. The lowest BCUT2D eigenvalue weighted by molar-refractivity contribution is -0.164. The molecule has 0 aliphatic carbocycles. The SMILES string of the molecule is CCc1c2c(nc3ccc(OC(=O)OC(C)(C)C)cc13)C1=CC3=C(COC(=O)C3(O)CC)C(O)N1C2. The van der Waals surface area contributed by atoms with E-state index in [1.165, 1.54) is 0 Å². The Kier molecular flexibility index (Phi) is 5.61. The van der Waals surface area contributed by atoms with E-state index in [4.69, 9.17) is 19.2 Å². The molecule has 0 amide bonds. The summed E-state index contributed by atoms with van der Waals surface area (Å²) in [6.45, 7) is 9.37. The van der Waals surface area contributed by atoms with Crippen LogP contribution in [-0.2, 0) is 27.2 Å². The Bertz CT molecular complexity index is 1350. The second kappa shape index (κ2) is 8.31. The molecule has 1 aromatic heterocycles. The van der Waals surface area contributed by atoms with Crippen LogP contribution < -0.4 is 4.74 Å². The van der Waals surface area contributed by atoms with Crippen molar-refractivity contribution in [1.82, 2.24) is 9.88 Å². The third-order valence-corrected chi connectivity index (χ3v) is 6.89. The van der Waals surface area contributed by atoms with Gasteiger partial charge in [0.2, 0.25) is 0 Å². The van der Waals surface area contributed by atoms with Crippen LogP contribution in [0, 0.1) is 0 Å². The number of fused-ring (bicyclic) bond motifs is 4. The fourth-order valence-electron chi connectivity index (χ4n) is 5.13. The van der Waals surface area contributed by atoms with E-state index in [0.29, 0.717) is 46.8 Å². The molecule has 2 N–H and O–H groups in total. The first-order valence-electron chi connectivity index (χ1n) is 12.1. The minimum atomic E-state index is -1.81. The smallest absolute Gasteiger partial charge is 0.459 e. The average Bonchev–Trinajstić information content (AvgIpc) is 3.17. The van der Waals surface area contributed by atoms with Gasteiger partial charge in [-0.05, 0) is 63.5 Å². The van der Waals surface area contributed by atoms with Crippen LogP contribution in [0.5, 0.6) is 5.75 Å². The molecule has 190 valence electrons. The molecule has 0 bridgehead atoms. The van der Waals surface area contributed by atoms with Gasteiger partial charge in [-0.1, -0.05) is 13.8 Å². The molecule has 0 spiro atoms. The van der Waals surface area contributed by atoms with Gasteiger partial charge >= 0.3 is 12.1 Å². The number of pyridine rings is 1. The normalized spacial score (nSPS) is 23.1. The lowest BCUT2D eigenvalue weighted by atomic mass is 9.82. The maximum absolute atomic E-state index is 12.4. The molecule has 3 aliphatic heterocycles. The molecule has 4 heterocycles. The van der Waals surface area contributed by atoms with Crippen molar-refractivity contribution in [2.24, 2.45) is 0 Å². The van der Waals surface area contributed by atoms with Gasteiger partial charge in [0, 0.05) is 28.6 Å². The summed E-state index contributed by atoms with van der Waals surface area (Å²) in [6.07, 6.45) is 0.730. The number of ether oxygens (including phenoxy) is 3. The van der Waals surface area contributed by atoms with Crippen LogP contribution in [0.1, 0.15) is 57.9 Å². The maximum Gasteiger partial charge on any atom is 0.514 e. The second-order valence-corrected chi connectivity index (χ2v) is 10.3.